The molecule has 0 radical (unpaired) electrons. The molecule has 1 amide bonds. The van der Waals surface area contributed by atoms with Crippen LogP contribution in [0.15, 0.2) is 47.8 Å². The molecule has 0 unspecified atom stereocenters. The molecule has 146 valence electrons. The van der Waals surface area contributed by atoms with Gasteiger partial charge in [0.05, 0.1) is 23.2 Å². The molecule has 9 heteroatoms. The van der Waals surface area contributed by atoms with Crippen LogP contribution in [0, 0.1) is 17.8 Å². The van der Waals surface area contributed by atoms with Crippen molar-refractivity contribution in [2.75, 3.05) is 11.9 Å². The van der Waals surface area contributed by atoms with Crippen molar-refractivity contribution in [3.05, 3.63) is 48.5 Å². The number of carbonyl (C=O) groups excluding carboxylic acids is 1. The van der Waals surface area contributed by atoms with E-state index in [1.807, 2.05) is 0 Å². The molecule has 2 heterocycles. The summed E-state index contributed by atoms with van der Waals surface area (Å²) in [6, 6.07) is 5.78. The zero-order valence-electron chi connectivity index (χ0n) is 15.0. The summed E-state index contributed by atoms with van der Waals surface area (Å²) in [5.41, 5.74) is 0.647. The molecule has 5 atom stereocenters. The van der Waals surface area contributed by atoms with E-state index in [4.69, 9.17) is 0 Å². The first kappa shape index (κ1) is 17.7. The van der Waals surface area contributed by atoms with Gasteiger partial charge in [-0.1, -0.05) is 0 Å². The van der Waals surface area contributed by atoms with Crippen LogP contribution in [0.25, 0.3) is 0 Å². The molecule has 28 heavy (non-hydrogen) atoms. The Morgan fingerprint density at radius 3 is 2.61 bits per heavy atom. The Hall–Kier alpha value is -2.36. The number of rotatable bonds is 4. The number of aliphatic hydroxyl groups is 1. The molecule has 0 spiro atoms. The Balaban J connectivity index is 1.35. The van der Waals surface area contributed by atoms with Gasteiger partial charge in [-0.2, -0.15) is 4.31 Å². The van der Waals surface area contributed by atoms with E-state index >= 15 is 0 Å². The van der Waals surface area contributed by atoms with Crippen LogP contribution in [0.4, 0.5) is 5.69 Å². The summed E-state index contributed by atoms with van der Waals surface area (Å²) < 4.78 is 27.8. The number of anilines is 1. The maximum atomic E-state index is 13.2. The van der Waals surface area contributed by atoms with Gasteiger partial charge in [0.1, 0.15) is 5.69 Å². The van der Waals surface area contributed by atoms with Gasteiger partial charge in [0, 0.05) is 24.6 Å². The second-order valence-electron chi connectivity index (χ2n) is 7.78. The minimum atomic E-state index is -3.69. The van der Waals surface area contributed by atoms with E-state index in [0.29, 0.717) is 18.2 Å². The van der Waals surface area contributed by atoms with Crippen LogP contribution in [0.1, 0.15) is 23.3 Å². The van der Waals surface area contributed by atoms with Crippen LogP contribution in [0.2, 0.25) is 0 Å². The molecular formula is C19H20N4O4S. The lowest BCUT2D eigenvalue weighted by molar-refractivity contribution is 0.0731. The van der Waals surface area contributed by atoms with E-state index in [0.717, 1.165) is 12.8 Å². The van der Waals surface area contributed by atoms with Crippen LogP contribution in [0.5, 0.6) is 0 Å². The lowest BCUT2D eigenvalue weighted by Crippen LogP contribution is -2.43. The molecular weight excluding hydrogens is 380 g/mol. The molecule has 3 aliphatic rings. The molecule has 1 saturated heterocycles. The highest BCUT2D eigenvalue weighted by Crippen LogP contribution is 2.56. The van der Waals surface area contributed by atoms with E-state index in [9.17, 15) is 18.3 Å². The molecule has 8 nitrogen and oxygen atoms in total. The van der Waals surface area contributed by atoms with Crippen LogP contribution in [-0.4, -0.2) is 52.4 Å². The Morgan fingerprint density at radius 1 is 1.14 bits per heavy atom. The number of nitrogens with one attached hydrogen (secondary N) is 1. The highest BCUT2D eigenvalue weighted by molar-refractivity contribution is 7.89. The average molecular weight is 400 g/mol. The van der Waals surface area contributed by atoms with Gasteiger partial charge >= 0.3 is 0 Å². The number of aromatic nitrogens is 2. The highest BCUT2D eigenvalue weighted by Gasteiger charge is 2.61. The number of sulfonamides is 1. The summed E-state index contributed by atoms with van der Waals surface area (Å²) in [4.78, 5) is 20.1. The predicted octanol–water partition coefficient (Wildman–Crippen LogP) is 1.12. The van der Waals surface area contributed by atoms with Crippen molar-refractivity contribution in [2.24, 2.45) is 17.8 Å². The molecule has 2 bridgehead atoms. The zero-order chi connectivity index (χ0) is 19.5. The summed E-state index contributed by atoms with van der Waals surface area (Å²) in [6.45, 7) is 0.483. The maximum absolute atomic E-state index is 13.2. The second-order valence-corrected chi connectivity index (χ2v) is 9.67. The summed E-state index contributed by atoms with van der Waals surface area (Å²) in [7, 11) is -3.69. The fourth-order valence-corrected chi connectivity index (χ4v) is 6.83. The van der Waals surface area contributed by atoms with Crippen molar-refractivity contribution < 1.29 is 18.3 Å². The molecule has 2 saturated carbocycles. The van der Waals surface area contributed by atoms with Crippen LogP contribution in [0.3, 0.4) is 0 Å². The third-order valence-corrected chi connectivity index (χ3v) is 8.20. The van der Waals surface area contributed by atoms with Crippen LogP contribution in [-0.2, 0) is 10.0 Å². The number of hydrogen-bond donors (Lipinski definition) is 2. The van der Waals surface area contributed by atoms with E-state index in [-0.39, 0.29) is 28.5 Å². The topological polar surface area (TPSA) is 112 Å². The maximum Gasteiger partial charge on any atom is 0.275 e. The third kappa shape index (κ3) is 2.65. The van der Waals surface area contributed by atoms with E-state index in [2.05, 4.69) is 15.3 Å². The van der Waals surface area contributed by atoms with E-state index in [1.54, 1.807) is 12.1 Å². The lowest BCUT2D eigenvalue weighted by Gasteiger charge is -2.28. The molecule has 3 fully saturated rings. The minimum Gasteiger partial charge on any atom is -0.391 e. The predicted molar refractivity (Wildman–Crippen MR) is 99.8 cm³/mol. The Kier molecular flexibility index (Phi) is 4.01. The van der Waals surface area contributed by atoms with Gasteiger partial charge in [0.15, 0.2) is 0 Å². The van der Waals surface area contributed by atoms with Gasteiger partial charge in [0.25, 0.3) is 5.91 Å². The summed E-state index contributed by atoms with van der Waals surface area (Å²) in [5.74, 6) is 0.456. The summed E-state index contributed by atoms with van der Waals surface area (Å²) >= 11 is 0. The number of carbonyl (C=O) groups is 1. The minimum absolute atomic E-state index is 0.168. The Bertz CT molecular complexity index is 1010. The smallest absolute Gasteiger partial charge is 0.275 e. The quantitative estimate of drug-likeness (QED) is 0.795. The number of fused-ring (bicyclic) bond motifs is 1. The third-order valence-electron chi connectivity index (χ3n) is 6.32. The SMILES string of the molecule is O=C(Nc1ccc(S(=O)(=O)N2C[C@@H]3C[C@H]4C[C@H]3[C@H]2[C@H]4O)cc1)c1cnccn1. The van der Waals surface area contributed by atoms with Crippen molar-refractivity contribution in [3.8, 4) is 0 Å². The summed E-state index contributed by atoms with van der Waals surface area (Å²) in [6.07, 6.45) is 5.54. The molecule has 5 rings (SSSR count). The van der Waals surface area contributed by atoms with Gasteiger partial charge in [-0.25, -0.2) is 13.4 Å². The zero-order valence-corrected chi connectivity index (χ0v) is 15.8. The van der Waals surface area contributed by atoms with Gasteiger partial charge in [-0.3, -0.25) is 9.78 Å². The van der Waals surface area contributed by atoms with Gasteiger partial charge in [-0.15, -0.1) is 0 Å². The number of hydrogen-bond acceptors (Lipinski definition) is 6. The molecule has 1 aromatic heterocycles. The van der Waals surface area contributed by atoms with Crippen molar-refractivity contribution >= 4 is 21.6 Å². The van der Waals surface area contributed by atoms with Crippen LogP contribution < -0.4 is 5.32 Å². The number of amides is 1. The number of benzene rings is 1. The lowest BCUT2D eigenvalue weighted by atomic mass is 9.88. The standard InChI is InChI=1S/C19H20N4O4S/c24-18-11-7-12-10-23(17(18)15(12)8-11)28(26,27)14-3-1-13(2-4-14)22-19(25)16-9-20-5-6-21-16/h1-6,9,11-12,15,17-18,24H,7-8,10H2,(H,22,25)/t11-,12-,15+,17-,18-/m0/s1. The van der Waals surface area contributed by atoms with E-state index < -0.39 is 22.0 Å². The molecule has 1 aliphatic heterocycles. The normalized spacial score (nSPS) is 31.2. The molecule has 2 N–H and O–H groups in total. The monoisotopic (exact) mass is 400 g/mol. The first-order valence-electron chi connectivity index (χ1n) is 9.32. The molecule has 2 aliphatic carbocycles. The van der Waals surface area contributed by atoms with Crippen LogP contribution >= 0.6 is 0 Å². The second kappa shape index (κ2) is 6.33. The Labute approximate surface area is 162 Å². The first-order valence-corrected chi connectivity index (χ1v) is 10.8. The van der Waals surface area contributed by atoms with Gasteiger partial charge < -0.3 is 10.4 Å². The van der Waals surface area contributed by atoms with E-state index in [1.165, 1.54) is 35.0 Å². The summed E-state index contributed by atoms with van der Waals surface area (Å²) in [5, 5.41) is 13.1. The number of aliphatic hydroxyl groups excluding tert-OH is 1. The van der Waals surface area contributed by atoms with Gasteiger partial charge in [-0.05, 0) is 54.9 Å². The number of nitrogens with zero attached hydrogens (tertiary/aromatic N) is 3. The van der Waals surface area contributed by atoms with Crippen molar-refractivity contribution in [1.82, 2.24) is 14.3 Å². The van der Waals surface area contributed by atoms with Crippen molar-refractivity contribution in [2.45, 2.75) is 29.9 Å². The van der Waals surface area contributed by atoms with Crippen molar-refractivity contribution in [3.63, 3.8) is 0 Å². The van der Waals surface area contributed by atoms with Gasteiger partial charge in [0.2, 0.25) is 10.0 Å². The largest absolute Gasteiger partial charge is 0.391 e. The first-order chi connectivity index (χ1) is 13.4. The van der Waals surface area contributed by atoms with Crippen molar-refractivity contribution in [1.29, 1.82) is 0 Å². The Morgan fingerprint density at radius 2 is 1.93 bits per heavy atom. The fourth-order valence-electron chi connectivity index (χ4n) is 5.09. The molecule has 2 aromatic rings. The highest BCUT2D eigenvalue weighted by atomic mass is 32.2. The average Bonchev–Trinajstić information content (AvgIpc) is 3.32. The fraction of sp³-hybridized carbons (Fsp3) is 0.421. The molecule has 1 aromatic carbocycles.